The smallest absolute Gasteiger partial charge is 0.213 e. The van der Waals surface area contributed by atoms with Crippen LogP contribution in [0, 0.1) is 5.92 Å². The minimum atomic E-state index is 0. The normalized spacial score (nSPS) is 14.6. The maximum Gasteiger partial charge on any atom is 0.213 e. The number of ether oxygens (including phenoxy) is 1. The van der Waals surface area contributed by atoms with Gasteiger partial charge in [0.1, 0.15) is 17.8 Å². The van der Waals surface area contributed by atoms with Crippen LogP contribution in [0.4, 0.5) is 5.82 Å². The second-order valence-electron chi connectivity index (χ2n) is 7.67. The van der Waals surface area contributed by atoms with E-state index in [4.69, 9.17) is 15.6 Å². The van der Waals surface area contributed by atoms with E-state index in [1.807, 2.05) is 35.9 Å². The topological polar surface area (TPSA) is 104 Å². The van der Waals surface area contributed by atoms with Crippen LogP contribution < -0.4 is 15.8 Å². The van der Waals surface area contributed by atoms with Crippen molar-refractivity contribution in [3.63, 3.8) is 0 Å². The van der Waals surface area contributed by atoms with Gasteiger partial charge < -0.3 is 15.8 Å². The molecule has 0 aliphatic carbocycles. The van der Waals surface area contributed by atoms with Gasteiger partial charge in [0.15, 0.2) is 5.65 Å². The molecule has 0 saturated carbocycles. The Bertz CT molecular complexity index is 1200. The van der Waals surface area contributed by atoms with Crippen molar-refractivity contribution in [3.05, 3.63) is 36.7 Å². The van der Waals surface area contributed by atoms with Gasteiger partial charge in [-0.05, 0) is 57.0 Å². The zero-order valence-electron chi connectivity index (χ0n) is 17.4. The fourth-order valence-electron chi connectivity index (χ4n) is 4.15. The fraction of sp³-hybridized carbons (Fsp3) is 0.364. The third-order valence-corrected chi connectivity index (χ3v) is 5.68. The highest BCUT2D eigenvalue weighted by Crippen LogP contribution is 2.32. The summed E-state index contributed by atoms with van der Waals surface area (Å²) in [4.78, 5) is 13.3. The molecule has 162 valence electrons. The molecule has 0 bridgehead atoms. The summed E-state index contributed by atoms with van der Waals surface area (Å²) < 4.78 is 7.51. The summed E-state index contributed by atoms with van der Waals surface area (Å²) in [6, 6.07) is 10.0. The molecule has 4 aromatic rings. The number of hydrogen-bond donors (Lipinski definition) is 2. The standard InChI is InChI=1S/C22H25N7O.ClH/c1-2-30-18-6-4-15-11-16(3-5-17(15)27-18)20-19-21(23)25-13-26-22(19)29(28-20)12-14-7-9-24-10-8-14;/h3-6,11,13-14,24H,2,7-10,12H2,1H3,(H2,23,25,26);1H. The minimum absolute atomic E-state index is 0. The molecule has 3 aromatic heterocycles. The highest BCUT2D eigenvalue weighted by molar-refractivity contribution is 5.99. The second-order valence-corrected chi connectivity index (χ2v) is 7.67. The quantitative estimate of drug-likeness (QED) is 0.490. The predicted octanol–water partition coefficient (Wildman–Crippen LogP) is 3.44. The highest BCUT2D eigenvalue weighted by Gasteiger charge is 2.21. The third-order valence-electron chi connectivity index (χ3n) is 5.68. The van der Waals surface area contributed by atoms with E-state index >= 15 is 0 Å². The first kappa shape index (κ1) is 21.3. The Morgan fingerprint density at radius 3 is 2.81 bits per heavy atom. The van der Waals surface area contributed by atoms with Gasteiger partial charge in [-0.3, -0.25) is 0 Å². The van der Waals surface area contributed by atoms with Gasteiger partial charge in [0, 0.05) is 23.6 Å². The van der Waals surface area contributed by atoms with Gasteiger partial charge in [0.2, 0.25) is 5.88 Å². The number of halogens is 1. The van der Waals surface area contributed by atoms with Gasteiger partial charge in [0.25, 0.3) is 0 Å². The van der Waals surface area contributed by atoms with Crippen molar-refractivity contribution in [3.8, 4) is 17.1 Å². The van der Waals surface area contributed by atoms with Crippen LogP contribution in [0.2, 0.25) is 0 Å². The van der Waals surface area contributed by atoms with E-state index in [0.29, 0.717) is 24.2 Å². The van der Waals surface area contributed by atoms with Gasteiger partial charge in [0.05, 0.1) is 17.5 Å². The van der Waals surface area contributed by atoms with Crippen molar-refractivity contribution < 1.29 is 4.74 Å². The molecule has 1 aromatic carbocycles. The second kappa shape index (κ2) is 9.03. The molecular formula is C22H26ClN7O. The predicted molar refractivity (Wildman–Crippen MR) is 124 cm³/mol. The number of nitrogens with two attached hydrogens (primary N) is 1. The van der Waals surface area contributed by atoms with Crippen LogP contribution >= 0.6 is 12.4 Å². The van der Waals surface area contributed by atoms with E-state index in [-0.39, 0.29) is 12.4 Å². The van der Waals surface area contributed by atoms with Gasteiger partial charge in [-0.15, -0.1) is 12.4 Å². The Hall–Kier alpha value is -2.97. The van der Waals surface area contributed by atoms with Crippen molar-refractivity contribution in [1.29, 1.82) is 0 Å². The number of rotatable bonds is 5. The maximum atomic E-state index is 6.26. The van der Waals surface area contributed by atoms with Crippen LogP contribution in [0.25, 0.3) is 33.2 Å². The molecule has 1 aliphatic heterocycles. The van der Waals surface area contributed by atoms with Crippen LogP contribution in [0.15, 0.2) is 36.7 Å². The molecule has 0 radical (unpaired) electrons. The van der Waals surface area contributed by atoms with Gasteiger partial charge in [-0.2, -0.15) is 5.10 Å². The van der Waals surface area contributed by atoms with E-state index in [2.05, 4.69) is 26.3 Å². The van der Waals surface area contributed by atoms with Gasteiger partial charge >= 0.3 is 0 Å². The number of nitrogens with zero attached hydrogens (tertiary/aromatic N) is 5. The van der Waals surface area contributed by atoms with E-state index in [1.165, 1.54) is 6.33 Å². The Kier molecular flexibility index (Phi) is 6.20. The molecule has 3 N–H and O–H groups in total. The summed E-state index contributed by atoms with van der Waals surface area (Å²) in [6.07, 6.45) is 3.80. The van der Waals surface area contributed by atoms with E-state index in [1.54, 1.807) is 0 Å². The SMILES string of the molecule is CCOc1ccc2cc(-c3nn(CC4CCNCC4)c4ncnc(N)c34)ccc2n1.Cl. The van der Waals surface area contributed by atoms with Crippen LogP contribution in [0.1, 0.15) is 19.8 Å². The van der Waals surface area contributed by atoms with Gasteiger partial charge in [-0.1, -0.05) is 6.07 Å². The number of nitrogen functional groups attached to an aromatic ring is 1. The van der Waals surface area contributed by atoms with Crippen LogP contribution in [0.5, 0.6) is 5.88 Å². The number of fused-ring (bicyclic) bond motifs is 2. The highest BCUT2D eigenvalue weighted by atomic mass is 35.5. The molecule has 1 fully saturated rings. The molecule has 9 heteroatoms. The number of hydrogen-bond acceptors (Lipinski definition) is 7. The summed E-state index contributed by atoms with van der Waals surface area (Å²) in [5.74, 6) is 1.67. The van der Waals surface area contributed by atoms with Crippen molar-refractivity contribution in [2.45, 2.75) is 26.3 Å². The summed E-state index contributed by atoms with van der Waals surface area (Å²) >= 11 is 0. The molecular weight excluding hydrogens is 414 g/mol. The lowest BCUT2D eigenvalue weighted by Crippen LogP contribution is -2.30. The molecule has 8 nitrogen and oxygen atoms in total. The summed E-state index contributed by atoms with van der Waals surface area (Å²) in [5.41, 5.74) is 9.73. The van der Waals surface area contributed by atoms with E-state index in [0.717, 1.165) is 65.7 Å². The number of pyridine rings is 1. The third kappa shape index (κ3) is 4.13. The largest absolute Gasteiger partial charge is 0.478 e. The van der Waals surface area contributed by atoms with Crippen LogP contribution in [-0.4, -0.2) is 44.4 Å². The van der Waals surface area contributed by atoms with E-state index < -0.39 is 0 Å². The maximum absolute atomic E-state index is 6.26. The Labute approximate surface area is 186 Å². The number of aromatic nitrogens is 5. The zero-order valence-corrected chi connectivity index (χ0v) is 18.2. The van der Waals surface area contributed by atoms with Crippen LogP contribution in [0.3, 0.4) is 0 Å². The van der Waals surface area contributed by atoms with Crippen molar-refractivity contribution in [2.75, 3.05) is 25.4 Å². The lowest BCUT2D eigenvalue weighted by Gasteiger charge is -2.22. The number of piperidine rings is 1. The Morgan fingerprint density at radius 2 is 2.00 bits per heavy atom. The lowest BCUT2D eigenvalue weighted by molar-refractivity contribution is 0.325. The van der Waals surface area contributed by atoms with Crippen molar-refractivity contribution >= 4 is 40.2 Å². The van der Waals surface area contributed by atoms with Crippen LogP contribution in [-0.2, 0) is 6.54 Å². The fourth-order valence-corrected chi connectivity index (χ4v) is 4.15. The van der Waals surface area contributed by atoms with Gasteiger partial charge in [-0.25, -0.2) is 19.6 Å². The number of benzene rings is 1. The first-order valence-electron chi connectivity index (χ1n) is 10.4. The van der Waals surface area contributed by atoms with Crippen molar-refractivity contribution in [2.24, 2.45) is 5.92 Å². The average Bonchev–Trinajstić information content (AvgIpc) is 3.14. The monoisotopic (exact) mass is 439 g/mol. The summed E-state index contributed by atoms with van der Waals surface area (Å²) in [6.45, 7) is 5.48. The zero-order chi connectivity index (χ0) is 20.5. The minimum Gasteiger partial charge on any atom is -0.478 e. The molecule has 4 heterocycles. The average molecular weight is 440 g/mol. The van der Waals surface area contributed by atoms with E-state index in [9.17, 15) is 0 Å². The lowest BCUT2D eigenvalue weighted by atomic mass is 9.98. The molecule has 5 rings (SSSR count). The first-order chi connectivity index (χ1) is 14.7. The molecule has 0 unspecified atom stereocenters. The molecule has 0 atom stereocenters. The molecule has 0 amide bonds. The molecule has 1 saturated heterocycles. The summed E-state index contributed by atoms with van der Waals surface area (Å²) in [5, 5.41) is 10.2. The Balaban J connectivity index is 0.00000231. The molecule has 0 spiro atoms. The Morgan fingerprint density at radius 1 is 1.16 bits per heavy atom. The summed E-state index contributed by atoms with van der Waals surface area (Å²) in [7, 11) is 0. The number of nitrogens with one attached hydrogen (secondary N) is 1. The van der Waals surface area contributed by atoms with Crippen molar-refractivity contribution in [1.82, 2.24) is 30.0 Å². The number of anilines is 1. The molecule has 31 heavy (non-hydrogen) atoms. The molecule has 1 aliphatic rings. The first-order valence-corrected chi connectivity index (χ1v) is 10.4.